The van der Waals surface area contributed by atoms with Crippen LogP contribution in [-0.2, 0) is 4.79 Å². The second kappa shape index (κ2) is 1.72. The molecule has 1 aliphatic rings. The molecule has 0 spiro atoms. The van der Waals surface area contributed by atoms with Crippen molar-refractivity contribution in [2.24, 2.45) is 0 Å². The third-order valence-corrected chi connectivity index (χ3v) is 0.872. The summed E-state index contributed by atoms with van der Waals surface area (Å²) in [7, 11) is 1.81. The molecule has 0 fully saturated rings. The van der Waals surface area contributed by atoms with Crippen LogP contribution in [0.4, 0.5) is 0 Å². The van der Waals surface area contributed by atoms with Gasteiger partial charge < -0.3 is 0 Å². The molecule has 0 atom stereocenters. The number of allylic oxidation sites excluding steroid dienone is 1. The Morgan fingerprint density at radius 2 is 2.62 bits per heavy atom. The van der Waals surface area contributed by atoms with E-state index in [-0.39, 0.29) is 0 Å². The molecule has 1 heterocycles. The third kappa shape index (κ3) is 0.718. The number of nitrogens with one attached hydrogen (secondary N) is 1. The maximum Gasteiger partial charge on any atom is 0.152 e. The highest BCUT2D eigenvalue weighted by Crippen LogP contribution is 1.96. The van der Waals surface area contributed by atoms with Gasteiger partial charge >= 0.3 is 0 Å². The number of rotatable bonds is 0. The van der Waals surface area contributed by atoms with Crippen molar-refractivity contribution in [3.8, 4) is 0 Å². The zero-order valence-corrected chi connectivity index (χ0v) is 4.51. The molecule has 0 radical (unpaired) electrons. The van der Waals surface area contributed by atoms with Gasteiger partial charge in [0.25, 0.3) is 0 Å². The fourth-order valence-electron chi connectivity index (χ4n) is 0.508. The van der Waals surface area contributed by atoms with Gasteiger partial charge in [0, 0.05) is 13.2 Å². The molecule has 3 nitrogen and oxygen atoms in total. The normalized spacial score (nSPS) is 16.1. The van der Waals surface area contributed by atoms with E-state index in [0.29, 0.717) is 5.70 Å². The van der Waals surface area contributed by atoms with Gasteiger partial charge in [0.05, 0.1) is 0 Å². The van der Waals surface area contributed by atoms with Crippen LogP contribution in [0.2, 0.25) is 0 Å². The van der Waals surface area contributed by atoms with Crippen molar-refractivity contribution in [3.05, 3.63) is 18.0 Å². The molecule has 0 bridgehead atoms. The SMILES string of the molecule is CN1C=CC(=C=O)N1. The second-order valence-corrected chi connectivity index (χ2v) is 1.55. The lowest BCUT2D eigenvalue weighted by Crippen LogP contribution is -2.22. The largest absolute Gasteiger partial charge is 0.297 e. The molecule has 42 valence electrons. The van der Waals surface area contributed by atoms with Crippen molar-refractivity contribution in [2.45, 2.75) is 0 Å². The van der Waals surface area contributed by atoms with Crippen molar-refractivity contribution in [3.63, 3.8) is 0 Å². The molecule has 0 aromatic rings. The fraction of sp³-hybridized carbons (Fsp3) is 0.200. The molecule has 0 unspecified atom stereocenters. The van der Waals surface area contributed by atoms with Crippen molar-refractivity contribution < 1.29 is 4.79 Å². The van der Waals surface area contributed by atoms with Gasteiger partial charge in [0.2, 0.25) is 0 Å². The molecular weight excluding hydrogens is 104 g/mol. The molecule has 0 saturated heterocycles. The summed E-state index contributed by atoms with van der Waals surface area (Å²) >= 11 is 0. The first-order valence-electron chi connectivity index (χ1n) is 2.26. The first-order valence-corrected chi connectivity index (χ1v) is 2.26. The smallest absolute Gasteiger partial charge is 0.152 e. The second-order valence-electron chi connectivity index (χ2n) is 1.55. The minimum Gasteiger partial charge on any atom is -0.297 e. The van der Waals surface area contributed by atoms with E-state index in [4.69, 9.17) is 0 Å². The molecule has 0 saturated carbocycles. The summed E-state index contributed by atoms with van der Waals surface area (Å²) in [5.41, 5.74) is 3.20. The molecule has 3 heteroatoms. The van der Waals surface area contributed by atoms with Gasteiger partial charge in [0.15, 0.2) is 5.94 Å². The van der Waals surface area contributed by atoms with E-state index in [2.05, 4.69) is 5.43 Å². The molecule has 0 aromatic heterocycles. The lowest BCUT2D eigenvalue weighted by Gasteiger charge is -2.06. The molecule has 0 aliphatic carbocycles. The lowest BCUT2D eigenvalue weighted by molar-refractivity contribution is 0.398. The van der Waals surface area contributed by atoms with E-state index in [0.717, 1.165) is 0 Å². The molecule has 0 aromatic carbocycles. The molecule has 8 heavy (non-hydrogen) atoms. The quantitative estimate of drug-likeness (QED) is 0.433. The monoisotopic (exact) mass is 110 g/mol. The Kier molecular flexibility index (Phi) is 1.06. The summed E-state index contributed by atoms with van der Waals surface area (Å²) in [5, 5.41) is 1.68. The van der Waals surface area contributed by atoms with Crippen molar-refractivity contribution in [2.75, 3.05) is 7.05 Å². The van der Waals surface area contributed by atoms with Gasteiger partial charge in [-0.25, -0.2) is 4.79 Å². The van der Waals surface area contributed by atoms with Gasteiger partial charge in [-0.05, 0) is 6.08 Å². The summed E-state index contributed by atoms with van der Waals surface area (Å²) < 4.78 is 0. The van der Waals surface area contributed by atoms with Gasteiger partial charge in [0.1, 0.15) is 5.70 Å². The number of carbonyl (C=O) groups excluding carboxylic acids is 1. The van der Waals surface area contributed by atoms with Crippen LogP contribution in [0.15, 0.2) is 18.0 Å². The Hall–Kier alpha value is -1.21. The summed E-state index contributed by atoms with van der Waals surface area (Å²) in [6.45, 7) is 0. The van der Waals surface area contributed by atoms with Gasteiger partial charge in [-0.15, -0.1) is 0 Å². The number of hydrogen-bond donors (Lipinski definition) is 1. The average molecular weight is 110 g/mol. The van der Waals surface area contributed by atoms with Crippen LogP contribution in [0.1, 0.15) is 0 Å². The zero-order chi connectivity index (χ0) is 5.98. The topological polar surface area (TPSA) is 32.3 Å². The Labute approximate surface area is 47.3 Å². The van der Waals surface area contributed by atoms with Crippen LogP contribution >= 0.6 is 0 Å². The first-order chi connectivity index (χ1) is 3.83. The number of hydrogen-bond acceptors (Lipinski definition) is 3. The predicted molar refractivity (Wildman–Crippen MR) is 29.2 cm³/mol. The van der Waals surface area contributed by atoms with Gasteiger partial charge in [-0.2, -0.15) is 0 Å². The standard InChI is InChI=1S/C5H6N2O/c1-7-3-2-5(4-8)6-7/h2-3,6H,1H3. The summed E-state index contributed by atoms with van der Waals surface area (Å²) in [6, 6.07) is 0. The van der Waals surface area contributed by atoms with Crippen LogP contribution in [-0.4, -0.2) is 18.0 Å². The van der Waals surface area contributed by atoms with Crippen LogP contribution < -0.4 is 5.43 Å². The third-order valence-electron chi connectivity index (χ3n) is 0.872. The molecule has 1 N–H and O–H groups in total. The molecular formula is C5H6N2O. The van der Waals surface area contributed by atoms with Crippen LogP contribution in [0.25, 0.3) is 0 Å². The van der Waals surface area contributed by atoms with E-state index >= 15 is 0 Å². The summed E-state index contributed by atoms with van der Waals surface area (Å²) in [4.78, 5) is 9.85. The maximum absolute atomic E-state index is 9.85. The minimum absolute atomic E-state index is 0.479. The predicted octanol–water partition coefficient (Wildman–Crippen LogP) is -0.334. The van der Waals surface area contributed by atoms with E-state index in [1.165, 1.54) is 0 Å². The highest BCUT2D eigenvalue weighted by atomic mass is 16.1. The zero-order valence-electron chi connectivity index (χ0n) is 4.51. The Bertz CT molecular complexity index is 167. The average Bonchev–Trinajstić information content (AvgIpc) is 2.14. The van der Waals surface area contributed by atoms with Crippen molar-refractivity contribution >= 4 is 5.94 Å². The highest BCUT2D eigenvalue weighted by Gasteiger charge is 2.00. The number of hydrazine groups is 1. The van der Waals surface area contributed by atoms with Crippen LogP contribution in [0.5, 0.6) is 0 Å². The van der Waals surface area contributed by atoms with E-state index in [1.807, 2.05) is 0 Å². The number of nitrogens with zero attached hydrogens (tertiary/aromatic N) is 1. The Morgan fingerprint density at radius 1 is 1.88 bits per heavy atom. The summed E-state index contributed by atoms with van der Waals surface area (Å²) in [6.07, 6.45) is 3.41. The first kappa shape index (κ1) is 4.94. The fourth-order valence-corrected chi connectivity index (χ4v) is 0.508. The highest BCUT2D eigenvalue weighted by molar-refractivity contribution is 5.56. The lowest BCUT2D eigenvalue weighted by atomic mass is 10.5. The van der Waals surface area contributed by atoms with E-state index < -0.39 is 0 Å². The van der Waals surface area contributed by atoms with Gasteiger partial charge in [-0.3, -0.25) is 10.4 Å². The van der Waals surface area contributed by atoms with Crippen LogP contribution in [0.3, 0.4) is 0 Å². The summed E-state index contributed by atoms with van der Waals surface area (Å²) in [5.74, 6) is 1.72. The maximum atomic E-state index is 9.85. The van der Waals surface area contributed by atoms with E-state index in [1.54, 1.807) is 30.3 Å². The van der Waals surface area contributed by atoms with Gasteiger partial charge in [-0.1, -0.05) is 0 Å². The molecule has 1 rings (SSSR count). The molecule has 0 amide bonds. The Morgan fingerprint density at radius 3 is 2.88 bits per heavy atom. The molecule has 1 aliphatic heterocycles. The Balaban J connectivity index is 2.73. The van der Waals surface area contributed by atoms with E-state index in [9.17, 15) is 4.79 Å². The van der Waals surface area contributed by atoms with Crippen molar-refractivity contribution in [1.29, 1.82) is 0 Å². The van der Waals surface area contributed by atoms with Crippen molar-refractivity contribution in [1.82, 2.24) is 10.4 Å². The minimum atomic E-state index is 0.479. The van der Waals surface area contributed by atoms with Crippen LogP contribution in [0, 0.1) is 0 Å².